The fourth-order valence-electron chi connectivity index (χ4n) is 2.27. The van der Waals surface area contributed by atoms with Crippen LogP contribution in [-0.4, -0.2) is 53.4 Å². The highest BCUT2D eigenvalue weighted by Gasteiger charge is 2.18. The van der Waals surface area contributed by atoms with E-state index < -0.39 is 10.0 Å². The van der Waals surface area contributed by atoms with E-state index >= 15 is 0 Å². The Kier molecular flexibility index (Phi) is 6.23. The first-order valence-electron chi connectivity index (χ1n) is 7.81. The maximum Gasteiger partial charge on any atom is 0.242 e. The lowest BCUT2D eigenvalue weighted by Gasteiger charge is -2.13. The van der Waals surface area contributed by atoms with E-state index in [1.54, 1.807) is 37.4 Å². The minimum Gasteiger partial charge on any atom is -0.497 e. The molecule has 0 spiro atoms. The van der Waals surface area contributed by atoms with E-state index in [0.717, 1.165) is 4.31 Å². The number of sulfonamides is 1. The number of anilines is 1. The van der Waals surface area contributed by atoms with Gasteiger partial charge in [-0.05, 0) is 24.3 Å². The molecule has 2 aromatic carbocycles. The van der Waals surface area contributed by atoms with Crippen molar-refractivity contribution in [3.05, 3.63) is 48.0 Å². The van der Waals surface area contributed by atoms with Crippen molar-refractivity contribution in [1.29, 1.82) is 0 Å². The highest BCUT2D eigenvalue weighted by Crippen LogP contribution is 2.28. The van der Waals surface area contributed by atoms with E-state index in [0.29, 0.717) is 22.7 Å². The van der Waals surface area contributed by atoms with Gasteiger partial charge < -0.3 is 14.8 Å². The van der Waals surface area contributed by atoms with Gasteiger partial charge in [-0.3, -0.25) is 4.79 Å². The number of Topliss-reactive ketones (excluding diaryl/α,β-unsaturated/α-hetero) is 1. The predicted molar refractivity (Wildman–Crippen MR) is 99.7 cm³/mol. The van der Waals surface area contributed by atoms with Crippen molar-refractivity contribution in [2.75, 3.05) is 40.2 Å². The zero-order chi connectivity index (χ0) is 19.3. The largest absolute Gasteiger partial charge is 0.497 e. The van der Waals surface area contributed by atoms with Gasteiger partial charge >= 0.3 is 0 Å². The Labute approximate surface area is 153 Å². The summed E-state index contributed by atoms with van der Waals surface area (Å²) in [6.07, 6.45) is 0. The first-order valence-corrected chi connectivity index (χ1v) is 9.25. The summed E-state index contributed by atoms with van der Waals surface area (Å²) in [7, 11) is 2.38. The van der Waals surface area contributed by atoms with Crippen LogP contribution < -0.4 is 14.8 Å². The second-order valence-corrected chi connectivity index (χ2v) is 7.81. The number of hydrogen-bond donors (Lipinski definition) is 1. The summed E-state index contributed by atoms with van der Waals surface area (Å²) in [6, 6.07) is 11.2. The molecule has 140 valence electrons. The van der Waals surface area contributed by atoms with Crippen LogP contribution in [0.1, 0.15) is 10.4 Å². The van der Waals surface area contributed by atoms with Crippen molar-refractivity contribution in [3.8, 4) is 11.5 Å². The van der Waals surface area contributed by atoms with Gasteiger partial charge in [0.15, 0.2) is 5.78 Å². The van der Waals surface area contributed by atoms with Crippen LogP contribution in [0, 0.1) is 0 Å². The zero-order valence-corrected chi connectivity index (χ0v) is 16.0. The lowest BCUT2D eigenvalue weighted by atomic mass is 10.1. The third-order valence-electron chi connectivity index (χ3n) is 3.78. The van der Waals surface area contributed by atoms with Crippen LogP contribution in [0.25, 0.3) is 0 Å². The number of benzene rings is 2. The van der Waals surface area contributed by atoms with Crippen molar-refractivity contribution in [3.63, 3.8) is 0 Å². The molecule has 7 nitrogen and oxygen atoms in total. The normalized spacial score (nSPS) is 11.3. The summed E-state index contributed by atoms with van der Waals surface area (Å²) in [6.45, 7) is -0.0189. The number of nitrogens with one attached hydrogen (secondary N) is 1. The summed E-state index contributed by atoms with van der Waals surface area (Å²) in [5.74, 6) is 0.952. The summed E-state index contributed by atoms with van der Waals surface area (Å²) >= 11 is 0. The topological polar surface area (TPSA) is 84.9 Å². The number of rotatable bonds is 8. The Morgan fingerprint density at radius 1 is 1.08 bits per heavy atom. The van der Waals surface area contributed by atoms with Crippen LogP contribution in [0.3, 0.4) is 0 Å². The number of carbonyl (C=O) groups is 1. The summed E-state index contributed by atoms with van der Waals surface area (Å²) in [5.41, 5.74) is 0.916. The van der Waals surface area contributed by atoms with Gasteiger partial charge in [-0.2, -0.15) is 0 Å². The molecular weight excluding hydrogens is 356 g/mol. The molecule has 0 unspecified atom stereocenters. The zero-order valence-electron chi connectivity index (χ0n) is 15.1. The molecule has 8 heteroatoms. The number of hydrogen-bond acceptors (Lipinski definition) is 6. The van der Waals surface area contributed by atoms with Gasteiger partial charge in [-0.1, -0.05) is 12.1 Å². The van der Waals surface area contributed by atoms with Crippen molar-refractivity contribution in [1.82, 2.24) is 4.31 Å². The lowest BCUT2D eigenvalue weighted by Crippen LogP contribution is -2.22. The molecule has 0 fully saturated rings. The van der Waals surface area contributed by atoms with Crippen LogP contribution in [0.5, 0.6) is 11.5 Å². The quantitative estimate of drug-likeness (QED) is 0.709. The predicted octanol–water partition coefficient (Wildman–Crippen LogP) is 2.25. The molecule has 0 aliphatic carbocycles. The van der Waals surface area contributed by atoms with Crippen LogP contribution in [0.15, 0.2) is 47.4 Å². The summed E-state index contributed by atoms with van der Waals surface area (Å²) in [5, 5.41) is 3.00. The molecule has 0 saturated carbocycles. The Morgan fingerprint density at radius 3 is 2.42 bits per heavy atom. The number of ketones is 1. The van der Waals surface area contributed by atoms with Gasteiger partial charge in [0.25, 0.3) is 0 Å². The Balaban J connectivity index is 2.19. The first-order chi connectivity index (χ1) is 12.3. The highest BCUT2D eigenvalue weighted by molar-refractivity contribution is 7.89. The van der Waals surface area contributed by atoms with Gasteiger partial charge in [0.2, 0.25) is 10.0 Å². The third-order valence-corrected chi connectivity index (χ3v) is 5.59. The van der Waals surface area contributed by atoms with E-state index in [2.05, 4.69) is 5.32 Å². The molecular formula is C18H22N2O5S. The fourth-order valence-corrected chi connectivity index (χ4v) is 3.22. The second kappa shape index (κ2) is 8.20. The molecule has 0 bridgehead atoms. The van der Waals surface area contributed by atoms with Gasteiger partial charge in [-0.25, -0.2) is 12.7 Å². The van der Waals surface area contributed by atoms with Crippen molar-refractivity contribution >= 4 is 21.5 Å². The lowest BCUT2D eigenvalue weighted by molar-refractivity contribution is 0.101. The Hall–Kier alpha value is -2.58. The molecule has 0 saturated heterocycles. The minimum absolute atomic E-state index is 0.0189. The van der Waals surface area contributed by atoms with E-state index in [4.69, 9.17) is 9.47 Å². The minimum atomic E-state index is -3.60. The van der Waals surface area contributed by atoms with Gasteiger partial charge in [0, 0.05) is 25.7 Å². The Bertz CT molecular complexity index is 894. The SMILES string of the molecule is COc1ccc(OC)c(NCC(=O)c2cccc(S(=O)(=O)N(C)C)c2)c1. The van der Waals surface area contributed by atoms with Crippen molar-refractivity contribution in [2.45, 2.75) is 4.90 Å². The molecule has 0 aromatic heterocycles. The fraction of sp³-hybridized carbons (Fsp3) is 0.278. The molecule has 2 aromatic rings. The monoisotopic (exact) mass is 378 g/mol. The molecule has 0 radical (unpaired) electrons. The standard InChI is InChI=1S/C18H22N2O5S/c1-20(2)26(22,23)15-7-5-6-13(10-15)17(21)12-19-16-11-14(24-3)8-9-18(16)25-4/h5-11,19H,12H2,1-4H3. The molecule has 0 aliphatic rings. The van der Waals surface area contributed by atoms with Crippen molar-refractivity contribution in [2.24, 2.45) is 0 Å². The second-order valence-electron chi connectivity index (χ2n) is 5.66. The Morgan fingerprint density at radius 2 is 1.81 bits per heavy atom. The molecule has 0 amide bonds. The third kappa shape index (κ3) is 4.33. The van der Waals surface area contributed by atoms with Gasteiger partial charge in [-0.15, -0.1) is 0 Å². The average Bonchev–Trinajstić information content (AvgIpc) is 2.65. The summed E-state index contributed by atoms with van der Waals surface area (Å²) < 4.78 is 36.0. The van der Waals surface area contributed by atoms with Gasteiger partial charge in [0.1, 0.15) is 11.5 Å². The van der Waals surface area contributed by atoms with Crippen LogP contribution in [0.4, 0.5) is 5.69 Å². The number of nitrogens with zero attached hydrogens (tertiary/aromatic N) is 1. The van der Waals surface area contributed by atoms with E-state index in [1.807, 2.05) is 0 Å². The molecule has 0 aliphatic heterocycles. The van der Waals surface area contributed by atoms with E-state index in [9.17, 15) is 13.2 Å². The molecule has 0 atom stereocenters. The van der Waals surface area contributed by atoms with Crippen LogP contribution >= 0.6 is 0 Å². The van der Waals surface area contributed by atoms with Gasteiger partial charge in [0.05, 0.1) is 31.3 Å². The first kappa shape index (κ1) is 19.7. The molecule has 2 rings (SSSR count). The number of ether oxygens (including phenoxy) is 2. The molecule has 1 N–H and O–H groups in total. The number of methoxy groups -OCH3 is 2. The van der Waals surface area contributed by atoms with Crippen molar-refractivity contribution < 1.29 is 22.7 Å². The highest BCUT2D eigenvalue weighted by atomic mass is 32.2. The molecule has 0 heterocycles. The maximum absolute atomic E-state index is 12.5. The van der Waals surface area contributed by atoms with E-state index in [1.165, 1.54) is 33.3 Å². The molecule has 26 heavy (non-hydrogen) atoms. The maximum atomic E-state index is 12.5. The van der Waals surface area contributed by atoms with E-state index in [-0.39, 0.29) is 17.2 Å². The van der Waals surface area contributed by atoms with Crippen LogP contribution in [-0.2, 0) is 10.0 Å². The smallest absolute Gasteiger partial charge is 0.242 e. The average molecular weight is 378 g/mol. The summed E-state index contributed by atoms with van der Waals surface area (Å²) in [4.78, 5) is 12.6. The van der Waals surface area contributed by atoms with Crippen LogP contribution in [0.2, 0.25) is 0 Å². The number of carbonyl (C=O) groups excluding carboxylic acids is 1.